The molecule has 8 N–H and O–H groups in total. The summed E-state index contributed by atoms with van der Waals surface area (Å²) in [4.78, 5) is 0. The van der Waals surface area contributed by atoms with Crippen LogP contribution in [0.2, 0.25) is 0 Å². The van der Waals surface area contributed by atoms with Gasteiger partial charge in [0, 0.05) is 12.3 Å². The smallest absolute Gasteiger partial charge is 0.187 e. The number of hydrogen-bond donors (Lipinski definition) is 8. The van der Waals surface area contributed by atoms with Crippen LogP contribution >= 0.6 is 0 Å². The van der Waals surface area contributed by atoms with Crippen molar-refractivity contribution < 1.29 is 78.7 Å². The summed E-state index contributed by atoms with van der Waals surface area (Å²) in [6.07, 6.45) is -9.49. The number of aliphatic hydroxyl groups excluding tert-OH is 8. The maximum Gasteiger partial charge on any atom is 0.187 e. The van der Waals surface area contributed by atoms with Crippen molar-refractivity contribution in [3.05, 3.63) is 11.6 Å². The zero-order chi connectivity index (χ0) is 42.6. The van der Waals surface area contributed by atoms with Crippen LogP contribution in [0.15, 0.2) is 11.6 Å². The number of rotatable bonds is 7. The Hall–Kier alpha value is -0.900. The maximum atomic E-state index is 11.5. The van der Waals surface area contributed by atoms with Crippen molar-refractivity contribution in [2.75, 3.05) is 19.8 Å². The van der Waals surface area contributed by atoms with E-state index in [0.29, 0.717) is 48.3 Å². The van der Waals surface area contributed by atoms with E-state index in [2.05, 4.69) is 33.8 Å². The highest BCUT2D eigenvalue weighted by molar-refractivity contribution is 5.26. The Labute approximate surface area is 352 Å². The Balaban J connectivity index is 0.932. The molecular formula is C44H70O16. The standard InChI is InChI=1S/C44H70O16/c1-19-8-13-44(54-17-19)20(2)30-28(60-44)15-26-24-7-6-22-14-23(9-11-42(22,4)25(24)10-12-43(26,30)5)56-41-38(59-40-36(52)34(50)31(47)21(3)55-40)37(33(49)29(16-45)57-41)58-39-35(51)32(48)27(46)18-53-39/h6,19-21,23-41,45-52H,7-18H2,1-5H3/t19-,20+,21+,23+,24-,25+,26+,27-,28+,29-,30+,31+,32+,33+,34-,35-,36-,37+,38-,39+,40+,41-,42+,43+,44-/m1/s1. The first-order valence-corrected chi connectivity index (χ1v) is 22.8. The molecule has 5 aliphatic heterocycles. The minimum atomic E-state index is -1.72. The van der Waals surface area contributed by atoms with Gasteiger partial charge in [0.1, 0.15) is 61.0 Å². The lowest BCUT2D eigenvalue weighted by Crippen LogP contribution is -2.66. The molecule has 0 aromatic heterocycles. The Morgan fingerprint density at radius 1 is 0.733 bits per heavy atom. The molecule has 1 spiro atoms. The molecule has 0 unspecified atom stereocenters. The first-order chi connectivity index (χ1) is 28.5. The van der Waals surface area contributed by atoms with Gasteiger partial charge in [-0.05, 0) is 98.7 Å². The SMILES string of the molecule is C[C@@H]1CC[C@@]2(OC1)O[C@H]1C[C@H]3[C@@H]4CC=C5C[C@@H](O[C@@H]6O[C@H](CO)[C@H](O)[C@H](O[C@@H]7OC[C@@H](O)[C@H](O)[C@H]7O)[C@H]6O[C@@H]6O[C@@H](C)[C@H](O)[C@@H](O)[C@H]6O)CC[C@]5(C)[C@H]4CC[C@]3(C)[C@H]1[C@@H]2C. The van der Waals surface area contributed by atoms with Crippen molar-refractivity contribution in [1.29, 1.82) is 0 Å². The zero-order valence-corrected chi connectivity index (χ0v) is 35.6. The van der Waals surface area contributed by atoms with Crippen molar-refractivity contribution in [2.24, 2.45) is 46.3 Å². The second kappa shape index (κ2) is 16.5. The van der Waals surface area contributed by atoms with Crippen LogP contribution in [0.4, 0.5) is 0 Å². The first kappa shape index (κ1) is 44.3. The summed E-state index contributed by atoms with van der Waals surface area (Å²) >= 11 is 0. The van der Waals surface area contributed by atoms with Gasteiger partial charge in [-0.15, -0.1) is 0 Å². The van der Waals surface area contributed by atoms with Crippen molar-refractivity contribution in [1.82, 2.24) is 0 Å². The summed E-state index contributed by atoms with van der Waals surface area (Å²) in [5.41, 5.74) is 1.52. The molecule has 9 aliphatic rings. The quantitative estimate of drug-likeness (QED) is 0.166. The number of ether oxygens (including phenoxy) is 8. The van der Waals surface area contributed by atoms with Crippen LogP contribution in [0, 0.1) is 46.3 Å². The number of fused-ring (bicyclic) bond motifs is 7. The number of allylic oxidation sites excluding steroid dienone is 1. The summed E-state index contributed by atoms with van der Waals surface area (Å²) in [6, 6.07) is 0. The van der Waals surface area contributed by atoms with E-state index in [9.17, 15) is 40.9 Å². The lowest BCUT2D eigenvalue weighted by atomic mass is 9.47. The van der Waals surface area contributed by atoms with E-state index < -0.39 is 98.4 Å². The van der Waals surface area contributed by atoms with Crippen LogP contribution in [0.1, 0.15) is 92.4 Å². The van der Waals surface area contributed by atoms with Gasteiger partial charge in [0.05, 0.1) is 38.1 Å². The summed E-state index contributed by atoms with van der Waals surface area (Å²) < 4.78 is 50.1. The molecule has 60 heavy (non-hydrogen) atoms. The van der Waals surface area contributed by atoms with Crippen molar-refractivity contribution in [2.45, 2.75) is 196 Å². The van der Waals surface area contributed by atoms with Crippen molar-refractivity contribution >= 4 is 0 Å². The molecule has 342 valence electrons. The highest BCUT2D eigenvalue weighted by Gasteiger charge is 2.69. The minimum absolute atomic E-state index is 0.0239. The van der Waals surface area contributed by atoms with Crippen LogP contribution in [0.3, 0.4) is 0 Å². The van der Waals surface area contributed by atoms with Crippen LogP contribution < -0.4 is 0 Å². The first-order valence-electron chi connectivity index (χ1n) is 22.8. The fourth-order valence-electron chi connectivity index (χ4n) is 13.7. The van der Waals surface area contributed by atoms with E-state index in [1.165, 1.54) is 18.9 Å². The third-order valence-corrected chi connectivity index (χ3v) is 17.3. The maximum absolute atomic E-state index is 11.5. The highest BCUT2D eigenvalue weighted by Crippen LogP contribution is 2.70. The lowest BCUT2D eigenvalue weighted by Gasteiger charge is -2.59. The van der Waals surface area contributed by atoms with Gasteiger partial charge in [0.15, 0.2) is 24.7 Å². The summed E-state index contributed by atoms with van der Waals surface area (Å²) in [5.74, 6) is 2.62. The van der Waals surface area contributed by atoms with Gasteiger partial charge in [-0.3, -0.25) is 0 Å². The van der Waals surface area contributed by atoms with Gasteiger partial charge in [0.2, 0.25) is 0 Å². The second-order valence-corrected chi connectivity index (χ2v) is 20.6. The van der Waals surface area contributed by atoms with E-state index in [-0.39, 0.29) is 29.6 Å². The van der Waals surface area contributed by atoms with Crippen LogP contribution in [-0.4, -0.2) is 165 Å². The summed E-state index contributed by atoms with van der Waals surface area (Å²) in [6.45, 7) is 10.9. The minimum Gasteiger partial charge on any atom is -0.394 e. The van der Waals surface area contributed by atoms with E-state index in [4.69, 9.17) is 37.9 Å². The predicted octanol–water partition coefficient (Wildman–Crippen LogP) is 0.853. The van der Waals surface area contributed by atoms with E-state index in [1.807, 2.05) is 0 Å². The molecule has 8 fully saturated rings. The molecule has 9 rings (SSSR count). The van der Waals surface area contributed by atoms with Crippen LogP contribution in [-0.2, 0) is 37.9 Å². The Bertz CT molecular complexity index is 1560. The largest absolute Gasteiger partial charge is 0.394 e. The van der Waals surface area contributed by atoms with E-state index >= 15 is 0 Å². The molecule has 16 heteroatoms. The fourth-order valence-corrected chi connectivity index (χ4v) is 13.7. The molecule has 25 atom stereocenters. The number of hydrogen-bond acceptors (Lipinski definition) is 16. The topological polar surface area (TPSA) is 236 Å². The van der Waals surface area contributed by atoms with Crippen molar-refractivity contribution in [3.63, 3.8) is 0 Å². The Morgan fingerprint density at radius 2 is 1.48 bits per heavy atom. The summed E-state index contributed by atoms with van der Waals surface area (Å²) in [7, 11) is 0. The molecule has 0 amide bonds. The normalized spacial score (nSPS) is 57.9. The monoisotopic (exact) mass is 854 g/mol. The summed E-state index contributed by atoms with van der Waals surface area (Å²) in [5, 5.41) is 85.1. The second-order valence-electron chi connectivity index (χ2n) is 20.6. The van der Waals surface area contributed by atoms with Gasteiger partial charge in [0.25, 0.3) is 0 Å². The van der Waals surface area contributed by atoms with E-state index in [0.717, 1.165) is 45.1 Å². The highest BCUT2D eigenvalue weighted by atomic mass is 16.8. The van der Waals surface area contributed by atoms with Gasteiger partial charge in [-0.25, -0.2) is 0 Å². The number of aliphatic hydroxyl groups is 8. The van der Waals surface area contributed by atoms with Gasteiger partial charge in [-0.2, -0.15) is 0 Å². The molecule has 4 aliphatic carbocycles. The average Bonchev–Trinajstić information content (AvgIpc) is 3.68. The molecule has 5 heterocycles. The Kier molecular flexibility index (Phi) is 12.2. The van der Waals surface area contributed by atoms with E-state index in [1.54, 1.807) is 0 Å². The van der Waals surface area contributed by atoms with Gasteiger partial charge < -0.3 is 78.7 Å². The van der Waals surface area contributed by atoms with Crippen molar-refractivity contribution in [3.8, 4) is 0 Å². The molecule has 0 aromatic carbocycles. The molecule has 0 bridgehead atoms. The fraction of sp³-hybridized carbons (Fsp3) is 0.955. The molecule has 3 saturated carbocycles. The van der Waals surface area contributed by atoms with Gasteiger partial charge in [-0.1, -0.05) is 39.3 Å². The molecule has 5 saturated heterocycles. The average molecular weight is 855 g/mol. The molecule has 0 radical (unpaired) electrons. The lowest BCUT2D eigenvalue weighted by molar-refractivity contribution is -0.390. The Morgan fingerprint density at radius 3 is 2.22 bits per heavy atom. The molecule has 0 aromatic rings. The third-order valence-electron chi connectivity index (χ3n) is 17.3. The molecular weight excluding hydrogens is 784 g/mol. The van der Waals surface area contributed by atoms with Crippen LogP contribution in [0.5, 0.6) is 0 Å². The molecule has 16 nitrogen and oxygen atoms in total. The van der Waals surface area contributed by atoms with Gasteiger partial charge >= 0.3 is 0 Å². The predicted molar refractivity (Wildman–Crippen MR) is 208 cm³/mol. The zero-order valence-electron chi connectivity index (χ0n) is 35.6. The third kappa shape index (κ3) is 7.19. The van der Waals surface area contributed by atoms with Crippen LogP contribution in [0.25, 0.3) is 0 Å².